The number of hydrogen-bond acceptors (Lipinski definition) is 4. The smallest absolute Gasteiger partial charge is 0.187 e. The molecule has 13 heavy (non-hydrogen) atoms. The highest BCUT2D eigenvalue weighted by atomic mass is 32.1. The van der Waals surface area contributed by atoms with Crippen molar-refractivity contribution in [2.24, 2.45) is 5.41 Å². The van der Waals surface area contributed by atoms with Crippen LogP contribution in [0.4, 0.5) is 10.1 Å². The van der Waals surface area contributed by atoms with Crippen molar-refractivity contribution in [3.05, 3.63) is 6.20 Å². The maximum absolute atomic E-state index is 5.61. The van der Waals surface area contributed by atoms with Crippen LogP contribution >= 0.6 is 11.3 Å². The molecular weight excluding hydrogens is 182 g/mol. The normalized spacial score (nSPS) is 11.7. The molecule has 0 saturated carbocycles. The summed E-state index contributed by atoms with van der Waals surface area (Å²) in [5, 5.41) is 1.77. The summed E-state index contributed by atoms with van der Waals surface area (Å²) < 4.78 is 0. The molecule has 0 atom stereocenters. The zero-order valence-electron chi connectivity index (χ0n) is 8.66. The van der Waals surface area contributed by atoms with Gasteiger partial charge in [0.25, 0.3) is 0 Å². The third kappa shape index (κ3) is 3.22. The van der Waals surface area contributed by atoms with Gasteiger partial charge in [-0.25, -0.2) is 4.98 Å². The van der Waals surface area contributed by atoms with Gasteiger partial charge < -0.3 is 10.6 Å². The predicted molar refractivity (Wildman–Crippen MR) is 59.3 cm³/mol. The van der Waals surface area contributed by atoms with E-state index in [4.69, 9.17) is 5.73 Å². The van der Waals surface area contributed by atoms with E-state index in [1.54, 1.807) is 6.20 Å². The molecule has 74 valence electrons. The van der Waals surface area contributed by atoms with E-state index in [0.29, 0.717) is 0 Å². The molecule has 0 aliphatic rings. The Kier molecular flexibility index (Phi) is 2.81. The first-order chi connectivity index (χ1) is 5.88. The molecule has 0 aliphatic carbocycles. The van der Waals surface area contributed by atoms with E-state index < -0.39 is 0 Å². The van der Waals surface area contributed by atoms with Crippen molar-refractivity contribution < 1.29 is 0 Å². The van der Waals surface area contributed by atoms with Crippen LogP contribution < -0.4 is 10.6 Å². The number of thiazole rings is 1. The fraction of sp³-hybridized carbons (Fsp3) is 0.667. The first-order valence-corrected chi connectivity index (χ1v) is 5.12. The van der Waals surface area contributed by atoms with Gasteiger partial charge in [-0.15, -0.1) is 0 Å². The molecule has 0 aromatic carbocycles. The lowest BCUT2D eigenvalue weighted by molar-refractivity contribution is 0.419. The van der Waals surface area contributed by atoms with E-state index in [9.17, 15) is 0 Å². The second-order valence-electron chi connectivity index (χ2n) is 4.46. The van der Waals surface area contributed by atoms with Crippen LogP contribution in [0.1, 0.15) is 20.8 Å². The number of nitrogens with zero attached hydrogens (tertiary/aromatic N) is 2. The van der Waals surface area contributed by atoms with Crippen molar-refractivity contribution in [2.45, 2.75) is 20.8 Å². The summed E-state index contributed by atoms with van der Waals surface area (Å²) in [7, 11) is 2.05. The van der Waals surface area contributed by atoms with Crippen LogP contribution in [0, 0.1) is 5.41 Å². The van der Waals surface area contributed by atoms with Crippen molar-refractivity contribution in [1.29, 1.82) is 0 Å². The maximum Gasteiger partial charge on any atom is 0.187 e. The van der Waals surface area contributed by atoms with E-state index in [1.807, 2.05) is 7.05 Å². The summed E-state index contributed by atoms with van der Waals surface area (Å²) in [5.41, 5.74) is 5.90. The molecule has 0 radical (unpaired) electrons. The van der Waals surface area contributed by atoms with Crippen LogP contribution in [0.25, 0.3) is 0 Å². The van der Waals surface area contributed by atoms with Crippen LogP contribution in [0.15, 0.2) is 6.20 Å². The van der Waals surface area contributed by atoms with Gasteiger partial charge in [-0.2, -0.15) is 0 Å². The van der Waals surface area contributed by atoms with Gasteiger partial charge in [-0.05, 0) is 5.41 Å². The van der Waals surface area contributed by atoms with E-state index >= 15 is 0 Å². The van der Waals surface area contributed by atoms with Crippen molar-refractivity contribution in [2.75, 3.05) is 24.2 Å². The minimum Gasteiger partial charge on any atom is -0.389 e. The number of anilines is 2. The van der Waals surface area contributed by atoms with Gasteiger partial charge in [0.1, 0.15) is 5.00 Å². The van der Waals surface area contributed by atoms with Crippen LogP contribution in [-0.4, -0.2) is 18.6 Å². The second kappa shape index (κ2) is 3.54. The van der Waals surface area contributed by atoms with E-state index in [2.05, 4.69) is 30.7 Å². The maximum atomic E-state index is 5.61. The van der Waals surface area contributed by atoms with E-state index in [0.717, 1.165) is 16.7 Å². The molecule has 0 aliphatic heterocycles. The van der Waals surface area contributed by atoms with E-state index in [-0.39, 0.29) is 5.41 Å². The van der Waals surface area contributed by atoms with Crippen molar-refractivity contribution >= 4 is 21.5 Å². The van der Waals surface area contributed by atoms with Gasteiger partial charge in [0.05, 0.1) is 6.20 Å². The zero-order chi connectivity index (χ0) is 10.1. The molecule has 1 aromatic rings. The summed E-state index contributed by atoms with van der Waals surface area (Å²) >= 11 is 1.53. The second-order valence-corrected chi connectivity index (χ2v) is 5.50. The molecule has 4 heteroatoms. The molecule has 1 heterocycles. The van der Waals surface area contributed by atoms with Gasteiger partial charge in [-0.3, -0.25) is 0 Å². The summed E-state index contributed by atoms with van der Waals surface area (Å²) in [6, 6.07) is 0. The standard InChI is InChI=1S/C9H17N3S/c1-9(2,3)6-12(4)8-11-5-7(10)13-8/h5H,6,10H2,1-4H3. The summed E-state index contributed by atoms with van der Waals surface area (Å²) in [4.78, 5) is 6.36. The number of rotatable bonds is 2. The average Bonchev–Trinajstić information content (AvgIpc) is 2.31. The van der Waals surface area contributed by atoms with Crippen molar-refractivity contribution in [3.63, 3.8) is 0 Å². The third-order valence-corrected chi connectivity index (χ3v) is 2.49. The van der Waals surface area contributed by atoms with Gasteiger partial charge in [0, 0.05) is 13.6 Å². The molecule has 0 amide bonds. The van der Waals surface area contributed by atoms with Crippen LogP contribution in [-0.2, 0) is 0 Å². The Labute approximate surface area is 83.6 Å². The lowest BCUT2D eigenvalue weighted by atomic mass is 9.96. The molecule has 0 fully saturated rings. The molecule has 1 aromatic heterocycles. The molecule has 0 spiro atoms. The van der Waals surface area contributed by atoms with Crippen LogP contribution in [0.2, 0.25) is 0 Å². The Balaban J connectivity index is 2.64. The summed E-state index contributed by atoms with van der Waals surface area (Å²) in [5.74, 6) is 0. The van der Waals surface area contributed by atoms with Gasteiger partial charge in [0.2, 0.25) is 0 Å². The van der Waals surface area contributed by atoms with Crippen LogP contribution in [0.5, 0.6) is 0 Å². The summed E-state index contributed by atoms with van der Waals surface area (Å²) in [6.07, 6.45) is 1.71. The predicted octanol–water partition coefficient (Wildman–Crippen LogP) is 2.21. The summed E-state index contributed by atoms with van der Waals surface area (Å²) in [6.45, 7) is 7.61. The lowest BCUT2D eigenvalue weighted by Crippen LogP contribution is -2.28. The van der Waals surface area contributed by atoms with E-state index in [1.165, 1.54) is 11.3 Å². The monoisotopic (exact) mass is 199 g/mol. The molecule has 0 unspecified atom stereocenters. The lowest BCUT2D eigenvalue weighted by Gasteiger charge is -2.25. The quantitative estimate of drug-likeness (QED) is 0.794. The number of aromatic nitrogens is 1. The fourth-order valence-electron chi connectivity index (χ4n) is 1.23. The first-order valence-electron chi connectivity index (χ1n) is 4.31. The Morgan fingerprint density at radius 1 is 1.54 bits per heavy atom. The molecule has 1 rings (SSSR count). The fourth-order valence-corrected chi connectivity index (χ4v) is 1.87. The molecule has 0 bridgehead atoms. The Morgan fingerprint density at radius 3 is 2.54 bits per heavy atom. The zero-order valence-corrected chi connectivity index (χ0v) is 9.48. The minimum atomic E-state index is 0.287. The third-order valence-electron chi connectivity index (χ3n) is 1.55. The average molecular weight is 199 g/mol. The number of hydrogen-bond donors (Lipinski definition) is 1. The largest absolute Gasteiger partial charge is 0.389 e. The van der Waals surface area contributed by atoms with Crippen molar-refractivity contribution in [3.8, 4) is 0 Å². The molecule has 2 N–H and O–H groups in total. The molecular formula is C9H17N3S. The topological polar surface area (TPSA) is 42.2 Å². The van der Waals surface area contributed by atoms with Crippen molar-refractivity contribution in [1.82, 2.24) is 4.98 Å². The Morgan fingerprint density at radius 2 is 2.15 bits per heavy atom. The number of nitrogens with two attached hydrogens (primary N) is 1. The Bertz CT molecular complexity index is 275. The van der Waals surface area contributed by atoms with Gasteiger partial charge in [-0.1, -0.05) is 32.1 Å². The van der Waals surface area contributed by atoms with Gasteiger partial charge >= 0.3 is 0 Å². The first kappa shape index (κ1) is 10.3. The molecule has 3 nitrogen and oxygen atoms in total. The van der Waals surface area contributed by atoms with Gasteiger partial charge in [0.15, 0.2) is 5.13 Å². The SMILES string of the molecule is CN(CC(C)(C)C)c1ncc(N)s1. The molecule has 0 saturated heterocycles. The van der Waals surface area contributed by atoms with Crippen LogP contribution in [0.3, 0.4) is 0 Å². The highest BCUT2D eigenvalue weighted by Crippen LogP contribution is 2.25. The minimum absolute atomic E-state index is 0.287. The highest BCUT2D eigenvalue weighted by molar-refractivity contribution is 7.19. The number of nitrogen functional groups attached to an aromatic ring is 1. The Hall–Kier alpha value is -0.770. The highest BCUT2D eigenvalue weighted by Gasteiger charge is 2.15.